The molecule has 0 aliphatic carbocycles. The number of rotatable bonds is 3. The maximum absolute atomic E-state index is 4.27. The minimum Gasteiger partial charge on any atom is -0.380 e. The molecule has 1 heterocycles. The summed E-state index contributed by atoms with van der Waals surface area (Å²) in [6, 6.07) is 10.4. The van der Waals surface area contributed by atoms with E-state index in [2.05, 4.69) is 42.9 Å². The van der Waals surface area contributed by atoms with E-state index in [0.717, 1.165) is 12.2 Å². The van der Waals surface area contributed by atoms with Crippen LogP contribution in [-0.4, -0.2) is 0 Å². The van der Waals surface area contributed by atoms with E-state index in [4.69, 9.17) is 0 Å². The molecule has 1 N–H and O–H groups in total. The molecule has 1 aliphatic heterocycles. The zero-order valence-corrected chi connectivity index (χ0v) is 9.81. The van der Waals surface area contributed by atoms with Crippen molar-refractivity contribution in [2.45, 2.75) is 6.54 Å². The van der Waals surface area contributed by atoms with Crippen molar-refractivity contribution < 1.29 is 0 Å². The molecule has 0 bridgehead atoms. The lowest BCUT2D eigenvalue weighted by Gasteiger charge is -2.07. The maximum atomic E-state index is 4.27. The molecule has 2 rings (SSSR count). The molecule has 0 unspecified atom stereocenters. The highest BCUT2D eigenvalue weighted by molar-refractivity contribution is 14.2. The second-order valence-corrected chi connectivity index (χ2v) is 4.74. The average Bonchev–Trinajstić information content (AvgIpc) is 2.29. The van der Waals surface area contributed by atoms with Gasteiger partial charge in [0.05, 0.1) is 11.9 Å². The summed E-state index contributed by atoms with van der Waals surface area (Å²) in [6.45, 7) is 0.866. The number of nitrogens with one attached hydrogen (secondary N) is 1. The lowest BCUT2D eigenvalue weighted by Crippen LogP contribution is -2.11. The van der Waals surface area contributed by atoms with Gasteiger partial charge in [0.2, 0.25) is 0 Å². The Kier molecular flexibility index (Phi) is 3.45. The van der Waals surface area contributed by atoms with Crippen LogP contribution in [0, 0.1) is 0 Å². The van der Waals surface area contributed by atoms with Crippen LogP contribution in [0.15, 0.2) is 55.5 Å². The topological polar surface area (TPSA) is 24.4 Å². The molecular weight excluding hydrogens is 287 g/mol. The predicted octanol–water partition coefficient (Wildman–Crippen LogP) is 3.30. The second-order valence-electron chi connectivity index (χ2n) is 2.91. The van der Waals surface area contributed by atoms with Crippen molar-refractivity contribution in [3.05, 3.63) is 58.0 Å². The van der Waals surface area contributed by atoms with Gasteiger partial charge in [0, 0.05) is 27.6 Å². The van der Waals surface area contributed by atoms with Crippen LogP contribution < -0.4 is 5.32 Å². The van der Waals surface area contributed by atoms with E-state index in [0.29, 0.717) is 0 Å². The Labute approximate surface area is 93.9 Å². The quantitative estimate of drug-likeness (QED) is 0.851. The fraction of sp³-hybridized carbons (Fsp3) is 0.0909. The van der Waals surface area contributed by atoms with Crippen LogP contribution in [0.3, 0.4) is 0 Å². The number of allylic oxidation sites excluding steroid dienone is 1. The molecule has 0 saturated heterocycles. The van der Waals surface area contributed by atoms with Gasteiger partial charge in [-0.1, -0.05) is 30.3 Å². The molecule has 1 aliphatic rings. The third-order valence-corrected chi connectivity index (χ3v) is 3.16. The third-order valence-electron chi connectivity index (χ3n) is 1.88. The van der Waals surface area contributed by atoms with Gasteiger partial charge in [-0.15, -0.1) is 0 Å². The molecule has 72 valence electrons. The Morgan fingerprint density at radius 3 is 2.79 bits per heavy atom. The molecule has 3 heteroatoms. The van der Waals surface area contributed by atoms with Crippen molar-refractivity contribution in [3.8, 4) is 0 Å². The highest BCUT2D eigenvalue weighted by Gasteiger charge is 1.94. The molecule has 0 saturated carbocycles. The van der Waals surface area contributed by atoms with E-state index in [1.165, 1.54) is 5.56 Å². The zero-order chi connectivity index (χ0) is 9.64. The average molecular weight is 298 g/mol. The van der Waals surface area contributed by atoms with E-state index in [1.807, 2.05) is 12.3 Å². The molecule has 0 fully saturated rings. The highest BCUT2D eigenvalue weighted by atomic mass is 127. The van der Waals surface area contributed by atoms with E-state index in [-0.39, 0.29) is 21.0 Å². The fourth-order valence-corrected chi connectivity index (χ4v) is 2.35. The number of nitrogens with zero attached hydrogens (tertiary/aromatic N) is 1. The van der Waals surface area contributed by atoms with Crippen LogP contribution in [0.1, 0.15) is 5.56 Å². The molecule has 0 aromatic heterocycles. The zero-order valence-electron chi connectivity index (χ0n) is 7.65. The lowest BCUT2D eigenvalue weighted by atomic mass is 10.2. The third kappa shape index (κ3) is 2.77. The van der Waals surface area contributed by atoms with E-state index < -0.39 is 0 Å². The predicted molar refractivity (Wildman–Crippen MR) is 67.0 cm³/mol. The standard InChI is InChI=1S/C11H11IN2/c1-2-4-10(5-3-1)8-13-11-6-7-12-14-9-11/h1-7,9,13H,8H2. The monoisotopic (exact) mass is 298 g/mol. The molecule has 1 aromatic carbocycles. The van der Waals surface area contributed by atoms with Crippen LogP contribution in [0.25, 0.3) is 0 Å². The van der Waals surface area contributed by atoms with Gasteiger partial charge in [-0.05, 0) is 15.7 Å². The SMILES string of the molecule is C1=CC(NCc2ccccc2)=CN=I1. The van der Waals surface area contributed by atoms with E-state index in [9.17, 15) is 0 Å². The highest BCUT2D eigenvalue weighted by Crippen LogP contribution is 2.12. The summed E-state index contributed by atoms with van der Waals surface area (Å²) in [7, 11) is 0. The molecular formula is C11H11IN2. The molecule has 0 atom stereocenters. The largest absolute Gasteiger partial charge is 0.380 e. The summed E-state index contributed by atoms with van der Waals surface area (Å²) in [5.41, 5.74) is 2.40. The Morgan fingerprint density at radius 1 is 1.21 bits per heavy atom. The van der Waals surface area contributed by atoms with Gasteiger partial charge in [0.1, 0.15) is 0 Å². The summed E-state index contributed by atoms with van der Waals surface area (Å²) in [4.78, 5) is 0. The van der Waals surface area contributed by atoms with Gasteiger partial charge in [-0.2, -0.15) is 0 Å². The lowest BCUT2D eigenvalue weighted by molar-refractivity contribution is 0.831. The first-order valence-electron chi connectivity index (χ1n) is 4.42. The summed E-state index contributed by atoms with van der Waals surface area (Å²) >= 11 is -0.0510. The Bertz CT molecular complexity index is 380. The maximum Gasteiger partial charge on any atom is 0.0561 e. The van der Waals surface area contributed by atoms with Crippen molar-refractivity contribution in [2.24, 2.45) is 3.15 Å². The number of hydrogen-bond acceptors (Lipinski definition) is 2. The number of hydrogen-bond donors (Lipinski definition) is 1. The van der Waals surface area contributed by atoms with E-state index >= 15 is 0 Å². The van der Waals surface area contributed by atoms with Gasteiger partial charge in [-0.3, -0.25) is 0 Å². The number of benzene rings is 1. The molecule has 14 heavy (non-hydrogen) atoms. The molecule has 0 amide bonds. The van der Waals surface area contributed by atoms with E-state index in [1.54, 1.807) is 0 Å². The van der Waals surface area contributed by atoms with Gasteiger partial charge >= 0.3 is 0 Å². The summed E-state index contributed by atoms with van der Waals surface area (Å²) in [5.74, 6) is 0. The Hall–Kier alpha value is -0.970. The molecule has 1 aromatic rings. The summed E-state index contributed by atoms with van der Waals surface area (Å²) in [5, 5.41) is 3.34. The van der Waals surface area contributed by atoms with Gasteiger partial charge < -0.3 is 5.32 Å². The van der Waals surface area contributed by atoms with Crippen LogP contribution in [-0.2, 0) is 6.54 Å². The van der Waals surface area contributed by atoms with Gasteiger partial charge in [0.15, 0.2) is 0 Å². The van der Waals surface area contributed by atoms with Crippen LogP contribution in [0.4, 0.5) is 0 Å². The number of halogens is 1. The minimum absolute atomic E-state index is 0.0510. The fourth-order valence-electron chi connectivity index (χ4n) is 1.16. The van der Waals surface area contributed by atoms with Crippen molar-refractivity contribution in [1.82, 2.24) is 5.32 Å². The van der Waals surface area contributed by atoms with Crippen LogP contribution in [0.2, 0.25) is 0 Å². The molecule has 0 spiro atoms. The second kappa shape index (κ2) is 5.05. The Morgan fingerprint density at radius 2 is 2.07 bits per heavy atom. The summed E-state index contributed by atoms with van der Waals surface area (Å²) in [6.07, 6.45) is 4.04. The van der Waals surface area contributed by atoms with Crippen molar-refractivity contribution in [1.29, 1.82) is 0 Å². The van der Waals surface area contributed by atoms with Gasteiger partial charge in [-0.25, -0.2) is 3.15 Å². The first-order valence-corrected chi connectivity index (χ1v) is 6.63. The van der Waals surface area contributed by atoms with Crippen molar-refractivity contribution in [3.63, 3.8) is 0 Å². The summed E-state index contributed by atoms with van der Waals surface area (Å²) < 4.78 is 6.43. The minimum atomic E-state index is -0.0510. The van der Waals surface area contributed by atoms with Gasteiger partial charge in [0.25, 0.3) is 0 Å². The van der Waals surface area contributed by atoms with Crippen LogP contribution >= 0.6 is 21.0 Å². The van der Waals surface area contributed by atoms with Crippen molar-refractivity contribution >= 4 is 21.0 Å². The smallest absolute Gasteiger partial charge is 0.0561 e. The van der Waals surface area contributed by atoms with Crippen molar-refractivity contribution in [2.75, 3.05) is 0 Å². The molecule has 0 radical (unpaired) electrons. The van der Waals surface area contributed by atoms with Crippen LogP contribution in [0.5, 0.6) is 0 Å². The normalized spacial score (nSPS) is 14.4. The molecule has 2 nitrogen and oxygen atoms in total. The first kappa shape index (κ1) is 9.58. The Balaban J connectivity index is 1.92. The first-order chi connectivity index (χ1) is 6.95.